The van der Waals surface area contributed by atoms with Crippen LogP contribution in [0.4, 0.5) is 0 Å². The van der Waals surface area contributed by atoms with Crippen molar-refractivity contribution in [3.8, 4) is 0 Å². The SMILES string of the molecule is CC(C)COC1CC(NC2CCC(C)C(C)C2)C1(C)C. The standard InChI is InChI=1S/C18H35NO/c1-12(2)11-20-17-10-16(18(17,5)6)19-15-8-7-13(3)14(4)9-15/h12-17,19H,7-11H2,1-6H3. The zero-order valence-electron chi connectivity index (χ0n) is 14.4. The van der Waals surface area contributed by atoms with E-state index in [1.54, 1.807) is 0 Å². The van der Waals surface area contributed by atoms with Crippen molar-refractivity contribution in [3.05, 3.63) is 0 Å². The highest BCUT2D eigenvalue weighted by molar-refractivity contribution is 5.04. The molecular formula is C18H35NO. The van der Waals surface area contributed by atoms with Crippen LogP contribution < -0.4 is 5.32 Å². The van der Waals surface area contributed by atoms with Gasteiger partial charge in [-0.15, -0.1) is 0 Å². The first kappa shape index (κ1) is 16.3. The average Bonchev–Trinajstić information content (AvgIpc) is 2.36. The van der Waals surface area contributed by atoms with E-state index in [0.29, 0.717) is 23.5 Å². The van der Waals surface area contributed by atoms with Gasteiger partial charge in [0.1, 0.15) is 0 Å². The first-order valence-corrected chi connectivity index (χ1v) is 8.68. The Kier molecular flexibility index (Phi) is 5.18. The van der Waals surface area contributed by atoms with Gasteiger partial charge in [-0.1, -0.05) is 41.5 Å². The summed E-state index contributed by atoms with van der Waals surface area (Å²) in [6, 6.07) is 1.38. The minimum Gasteiger partial charge on any atom is -0.377 e. The normalized spacial score (nSPS) is 40.6. The lowest BCUT2D eigenvalue weighted by atomic mass is 9.63. The number of ether oxygens (including phenoxy) is 1. The molecule has 5 unspecified atom stereocenters. The second-order valence-corrected chi connectivity index (χ2v) is 8.46. The van der Waals surface area contributed by atoms with Crippen molar-refractivity contribution >= 4 is 0 Å². The molecule has 0 bridgehead atoms. The van der Waals surface area contributed by atoms with Gasteiger partial charge in [0.2, 0.25) is 0 Å². The minimum atomic E-state index is 0.293. The van der Waals surface area contributed by atoms with E-state index in [1.165, 1.54) is 25.7 Å². The molecule has 20 heavy (non-hydrogen) atoms. The van der Waals surface area contributed by atoms with Crippen molar-refractivity contribution in [2.75, 3.05) is 6.61 Å². The maximum Gasteiger partial charge on any atom is 0.0656 e. The van der Waals surface area contributed by atoms with Gasteiger partial charge in [-0.2, -0.15) is 0 Å². The molecular weight excluding hydrogens is 246 g/mol. The van der Waals surface area contributed by atoms with E-state index in [4.69, 9.17) is 4.74 Å². The van der Waals surface area contributed by atoms with E-state index in [0.717, 1.165) is 24.5 Å². The molecule has 2 fully saturated rings. The van der Waals surface area contributed by atoms with E-state index >= 15 is 0 Å². The van der Waals surface area contributed by atoms with E-state index < -0.39 is 0 Å². The van der Waals surface area contributed by atoms with Crippen molar-refractivity contribution in [2.45, 2.75) is 85.4 Å². The van der Waals surface area contributed by atoms with Gasteiger partial charge in [0.25, 0.3) is 0 Å². The molecule has 0 aromatic carbocycles. The van der Waals surface area contributed by atoms with Crippen LogP contribution in [0.25, 0.3) is 0 Å². The Balaban J connectivity index is 1.78. The van der Waals surface area contributed by atoms with Crippen molar-refractivity contribution in [3.63, 3.8) is 0 Å². The second kappa shape index (κ2) is 6.36. The van der Waals surface area contributed by atoms with Crippen LogP contribution in [0.15, 0.2) is 0 Å². The lowest BCUT2D eigenvalue weighted by Crippen LogP contribution is -2.63. The monoisotopic (exact) mass is 281 g/mol. The molecule has 118 valence electrons. The molecule has 0 radical (unpaired) electrons. The second-order valence-electron chi connectivity index (χ2n) is 8.46. The maximum atomic E-state index is 6.07. The molecule has 2 rings (SSSR count). The summed E-state index contributed by atoms with van der Waals surface area (Å²) in [7, 11) is 0. The van der Waals surface area contributed by atoms with Crippen LogP contribution in [-0.2, 0) is 4.74 Å². The van der Waals surface area contributed by atoms with Crippen LogP contribution in [-0.4, -0.2) is 24.8 Å². The van der Waals surface area contributed by atoms with Crippen LogP contribution in [0.2, 0.25) is 0 Å². The summed E-state index contributed by atoms with van der Waals surface area (Å²) in [6.07, 6.45) is 5.74. The lowest BCUT2D eigenvalue weighted by molar-refractivity contribution is -0.127. The molecule has 5 atom stereocenters. The summed E-state index contributed by atoms with van der Waals surface area (Å²) in [5.74, 6) is 2.42. The third kappa shape index (κ3) is 3.57. The summed E-state index contributed by atoms with van der Waals surface area (Å²) >= 11 is 0. The minimum absolute atomic E-state index is 0.293. The molecule has 0 spiro atoms. The lowest BCUT2D eigenvalue weighted by Gasteiger charge is -2.53. The van der Waals surface area contributed by atoms with Crippen molar-refractivity contribution in [1.29, 1.82) is 0 Å². The van der Waals surface area contributed by atoms with Gasteiger partial charge in [-0.25, -0.2) is 0 Å². The average molecular weight is 281 g/mol. The maximum absolute atomic E-state index is 6.07. The van der Waals surface area contributed by atoms with Crippen LogP contribution in [0.3, 0.4) is 0 Å². The topological polar surface area (TPSA) is 21.3 Å². The number of rotatable bonds is 5. The fourth-order valence-electron chi connectivity index (χ4n) is 3.74. The fraction of sp³-hybridized carbons (Fsp3) is 1.00. The van der Waals surface area contributed by atoms with Gasteiger partial charge in [0, 0.05) is 24.1 Å². The molecule has 0 saturated heterocycles. The van der Waals surface area contributed by atoms with Gasteiger partial charge in [0.05, 0.1) is 6.10 Å². The Labute approximate surface area is 126 Å². The Morgan fingerprint density at radius 1 is 1.10 bits per heavy atom. The summed E-state index contributed by atoms with van der Waals surface area (Å²) in [4.78, 5) is 0. The fourth-order valence-corrected chi connectivity index (χ4v) is 3.74. The van der Waals surface area contributed by atoms with Crippen LogP contribution in [0.5, 0.6) is 0 Å². The summed E-state index contributed by atoms with van der Waals surface area (Å²) in [5, 5.41) is 3.93. The van der Waals surface area contributed by atoms with Crippen LogP contribution >= 0.6 is 0 Å². The molecule has 2 saturated carbocycles. The summed E-state index contributed by atoms with van der Waals surface area (Å²) in [6.45, 7) is 14.9. The predicted molar refractivity (Wildman–Crippen MR) is 85.9 cm³/mol. The van der Waals surface area contributed by atoms with Crippen LogP contribution in [0.1, 0.15) is 67.2 Å². The van der Waals surface area contributed by atoms with Gasteiger partial charge < -0.3 is 10.1 Å². The molecule has 2 aliphatic carbocycles. The zero-order valence-corrected chi connectivity index (χ0v) is 14.4. The predicted octanol–water partition coefficient (Wildman–Crippen LogP) is 4.24. The Morgan fingerprint density at radius 2 is 1.80 bits per heavy atom. The molecule has 2 nitrogen and oxygen atoms in total. The highest BCUT2D eigenvalue weighted by Crippen LogP contribution is 2.44. The Morgan fingerprint density at radius 3 is 2.35 bits per heavy atom. The molecule has 2 aliphatic rings. The molecule has 1 N–H and O–H groups in total. The van der Waals surface area contributed by atoms with Crippen molar-refractivity contribution in [1.82, 2.24) is 5.32 Å². The largest absolute Gasteiger partial charge is 0.377 e. The van der Waals surface area contributed by atoms with Gasteiger partial charge in [0.15, 0.2) is 0 Å². The highest BCUT2D eigenvalue weighted by atomic mass is 16.5. The molecule has 0 aromatic rings. The first-order chi connectivity index (χ1) is 9.30. The zero-order chi connectivity index (χ0) is 14.9. The molecule has 2 heteroatoms. The van der Waals surface area contributed by atoms with E-state index in [2.05, 4.69) is 46.9 Å². The third-order valence-electron chi connectivity index (χ3n) is 5.84. The smallest absolute Gasteiger partial charge is 0.0656 e. The molecule has 0 aromatic heterocycles. The quantitative estimate of drug-likeness (QED) is 0.814. The Hall–Kier alpha value is -0.0800. The third-order valence-corrected chi connectivity index (χ3v) is 5.84. The van der Waals surface area contributed by atoms with E-state index in [-0.39, 0.29) is 0 Å². The highest BCUT2D eigenvalue weighted by Gasteiger charge is 2.49. The summed E-state index contributed by atoms with van der Waals surface area (Å²) < 4.78 is 6.07. The van der Waals surface area contributed by atoms with Crippen LogP contribution in [0, 0.1) is 23.2 Å². The van der Waals surface area contributed by atoms with Gasteiger partial charge in [-0.3, -0.25) is 0 Å². The van der Waals surface area contributed by atoms with Crippen molar-refractivity contribution < 1.29 is 4.74 Å². The number of hydrogen-bond acceptors (Lipinski definition) is 2. The molecule has 0 amide bonds. The Bertz CT molecular complexity index is 313. The summed E-state index contributed by atoms with van der Waals surface area (Å²) in [5.41, 5.74) is 0.293. The van der Waals surface area contributed by atoms with Gasteiger partial charge >= 0.3 is 0 Å². The number of nitrogens with one attached hydrogen (secondary N) is 1. The van der Waals surface area contributed by atoms with E-state index in [1.807, 2.05) is 0 Å². The molecule has 0 heterocycles. The van der Waals surface area contributed by atoms with E-state index in [9.17, 15) is 0 Å². The van der Waals surface area contributed by atoms with Gasteiger partial charge in [-0.05, 0) is 43.4 Å². The first-order valence-electron chi connectivity index (χ1n) is 8.68. The number of hydrogen-bond donors (Lipinski definition) is 1. The van der Waals surface area contributed by atoms with Crippen molar-refractivity contribution in [2.24, 2.45) is 23.2 Å². The molecule has 0 aliphatic heterocycles.